The molecular formula is C29H33N3O3. The van der Waals surface area contributed by atoms with Crippen molar-refractivity contribution >= 4 is 11.6 Å². The Morgan fingerprint density at radius 1 is 1.03 bits per heavy atom. The Bertz CT molecular complexity index is 1220. The van der Waals surface area contributed by atoms with Gasteiger partial charge in [0.1, 0.15) is 11.5 Å². The van der Waals surface area contributed by atoms with Crippen molar-refractivity contribution in [3.05, 3.63) is 94.5 Å². The van der Waals surface area contributed by atoms with E-state index in [1.807, 2.05) is 48.3 Å². The number of benzene rings is 3. The highest BCUT2D eigenvalue weighted by molar-refractivity contribution is 6.05. The minimum Gasteiger partial charge on any atom is -0.497 e. The Hall–Kier alpha value is -3.64. The number of hydrogen-bond donors (Lipinski definition) is 0. The number of amides is 1. The normalized spacial score (nSPS) is 15.3. The lowest BCUT2D eigenvalue weighted by Crippen LogP contribution is -2.36. The number of carbonyl (C=O) groups excluding carboxylic acids is 1. The van der Waals surface area contributed by atoms with Gasteiger partial charge in [0.05, 0.1) is 32.5 Å². The van der Waals surface area contributed by atoms with Crippen LogP contribution in [0.1, 0.15) is 40.3 Å². The summed E-state index contributed by atoms with van der Waals surface area (Å²) >= 11 is 0. The predicted octanol–water partition coefficient (Wildman–Crippen LogP) is 5.13. The predicted molar refractivity (Wildman–Crippen MR) is 139 cm³/mol. The molecule has 0 saturated carbocycles. The van der Waals surface area contributed by atoms with Crippen LogP contribution in [0.15, 0.2) is 71.8 Å². The van der Waals surface area contributed by atoms with Crippen molar-refractivity contribution in [3.8, 4) is 11.5 Å². The largest absolute Gasteiger partial charge is 0.497 e. The molecule has 1 unspecified atom stereocenters. The first-order valence-electron chi connectivity index (χ1n) is 11.8. The zero-order valence-corrected chi connectivity index (χ0v) is 21.1. The van der Waals surface area contributed by atoms with Crippen LogP contribution in [0.25, 0.3) is 0 Å². The molecule has 0 N–H and O–H groups in total. The highest BCUT2D eigenvalue weighted by Gasteiger charge is 2.35. The molecule has 0 bridgehead atoms. The van der Waals surface area contributed by atoms with Crippen LogP contribution >= 0.6 is 0 Å². The third kappa shape index (κ3) is 5.54. The molecular weight excluding hydrogens is 438 g/mol. The highest BCUT2D eigenvalue weighted by Crippen LogP contribution is 2.37. The van der Waals surface area contributed by atoms with Crippen molar-refractivity contribution in [1.82, 2.24) is 9.91 Å². The molecule has 0 aliphatic carbocycles. The second-order valence-electron chi connectivity index (χ2n) is 9.09. The first-order chi connectivity index (χ1) is 16.9. The van der Waals surface area contributed by atoms with Crippen molar-refractivity contribution in [2.45, 2.75) is 32.9 Å². The molecule has 1 aliphatic rings. The standard InChI is InChI=1S/C29H33N3O3/c1-20-11-13-24(21(2)15-20)27-17-26(25-14-12-23(34-4)16-28(25)35-5)30-32(27)29(33)19-31(3)18-22-9-7-6-8-10-22/h6-16,27H,17-19H2,1-5H3. The van der Waals surface area contributed by atoms with Gasteiger partial charge in [-0.25, -0.2) is 5.01 Å². The minimum atomic E-state index is -0.171. The van der Waals surface area contributed by atoms with Gasteiger partial charge in [0.15, 0.2) is 0 Å². The molecule has 1 amide bonds. The number of aryl methyl sites for hydroxylation is 2. The van der Waals surface area contributed by atoms with E-state index >= 15 is 0 Å². The average molecular weight is 472 g/mol. The number of likely N-dealkylation sites (N-methyl/N-ethyl adjacent to an activating group) is 1. The summed E-state index contributed by atoms with van der Waals surface area (Å²) in [4.78, 5) is 15.6. The van der Waals surface area contributed by atoms with Gasteiger partial charge in [-0.1, -0.05) is 54.1 Å². The zero-order valence-electron chi connectivity index (χ0n) is 21.1. The van der Waals surface area contributed by atoms with E-state index in [0.717, 1.165) is 22.4 Å². The number of carbonyl (C=O) groups is 1. The van der Waals surface area contributed by atoms with Gasteiger partial charge in [0.2, 0.25) is 0 Å². The molecule has 1 atom stereocenters. The molecule has 0 spiro atoms. The van der Waals surface area contributed by atoms with Gasteiger partial charge >= 0.3 is 0 Å². The number of hydrazone groups is 1. The van der Waals surface area contributed by atoms with Crippen LogP contribution in [0.5, 0.6) is 11.5 Å². The van der Waals surface area contributed by atoms with Gasteiger partial charge in [-0.15, -0.1) is 0 Å². The second kappa shape index (κ2) is 10.7. The van der Waals surface area contributed by atoms with Gasteiger partial charge in [0, 0.05) is 24.6 Å². The summed E-state index contributed by atoms with van der Waals surface area (Å²) < 4.78 is 11.0. The summed E-state index contributed by atoms with van der Waals surface area (Å²) in [6, 6.07) is 22.1. The molecule has 1 aliphatic heterocycles. The molecule has 1 heterocycles. The molecule has 0 saturated heterocycles. The summed E-state index contributed by atoms with van der Waals surface area (Å²) in [7, 11) is 5.23. The van der Waals surface area contributed by atoms with Crippen LogP contribution in [0, 0.1) is 13.8 Å². The minimum absolute atomic E-state index is 0.0316. The molecule has 3 aromatic carbocycles. The van der Waals surface area contributed by atoms with Crippen molar-refractivity contribution < 1.29 is 14.3 Å². The average Bonchev–Trinajstić information content (AvgIpc) is 3.29. The van der Waals surface area contributed by atoms with Crippen LogP contribution in [-0.4, -0.2) is 49.3 Å². The van der Waals surface area contributed by atoms with E-state index in [1.165, 1.54) is 11.1 Å². The van der Waals surface area contributed by atoms with E-state index < -0.39 is 0 Å². The lowest BCUT2D eigenvalue weighted by atomic mass is 9.94. The Kier molecular flexibility index (Phi) is 7.51. The zero-order chi connectivity index (χ0) is 24.9. The van der Waals surface area contributed by atoms with Gasteiger partial charge in [-0.2, -0.15) is 5.10 Å². The lowest BCUT2D eigenvalue weighted by Gasteiger charge is -2.26. The number of rotatable bonds is 8. The molecule has 6 nitrogen and oxygen atoms in total. The summed E-state index contributed by atoms with van der Waals surface area (Å²) in [6.07, 6.45) is 0.612. The molecule has 0 aromatic heterocycles. The van der Waals surface area contributed by atoms with Crippen molar-refractivity contribution in [2.75, 3.05) is 27.8 Å². The summed E-state index contributed by atoms with van der Waals surface area (Å²) in [5.41, 5.74) is 6.33. The van der Waals surface area contributed by atoms with Gasteiger partial charge < -0.3 is 9.47 Å². The molecule has 3 aromatic rings. The Balaban J connectivity index is 1.64. The van der Waals surface area contributed by atoms with Crippen LogP contribution in [-0.2, 0) is 11.3 Å². The third-order valence-corrected chi connectivity index (χ3v) is 6.37. The Morgan fingerprint density at radius 2 is 1.80 bits per heavy atom. The molecule has 4 rings (SSSR count). The number of methoxy groups -OCH3 is 2. The summed E-state index contributed by atoms with van der Waals surface area (Å²) in [5.74, 6) is 1.36. The fourth-order valence-electron chi connectivity index (χ4n) is 4.64. The quantitative estimate of drug-likeness (QED) is 0.457. The van der Waals surface area contributed by atoms with Crippen LogP contribution < -0.4 is 9.47 Å². The van der Waals surface area contributed by atoms with Gasteiger partial charge in [0.25, 0.3) is 5.91 Å². The van der Waals surface area contributed by atoms with E-state index in [2.05, 4.69) is 44.2 Å². The van der Waals surface area contributed by atoms with Gasteiger partial charge in [-0.3, -0.25) is 9.69 Å². The monoisotopic (exact) mass is 471 g/mol. The summed E-state index contributed by atoms with van der Waals surface area (Å²) in [6.45, 7) is 5.14. The lowest BCUT2D eigenvalue weighted by molar-refractivity contribution is -0.134. The van der Waals surface area contributed by atoms with Crippen molar-refractivity contribution in [2.24, 2.45) is 5.10 Å². The third-order valence-electron chi connectivity index (χ3n) is 6.37. The van der Waals surface area contributed by atoms with Gasteiger partial charge in [-0.05, 0) is 49.7 Å². The Labute approximate surface area is 207 Å². The van der Waals surface area contributed by atoms with E-state index in [1.54, 1.807) is 19.2 Å². The van der Waals surface area contributed by atoms with Crippen LogP contribution in [0.4, 0.5) is 0 Å². The Morgan fingerprint density at radius 3 is 2.49 bits per heavy atom. The maximum absolute atomic E-state index is 13.6. The molecule has 0 radical (unpaired) electrons. The fraction of sp³-hybridized carbons (Fsp3) is 0.310. The molecule has 6 heteroatoms. The molecule has 182 valence electrons. The first-order valence-corrected chi connectivity index (χ1v) is 11.8. The SMILES string of the molecule is COc1ccc(C2=NN(C(=O)CN(C)Cc3ccccc3)C(c3ccc(C)cc3C)C2)c(OC)c1. The highest BCUT2D eigenvalue weighted by atomic mass is 16.5. The molecule has 35 heavy (non-hydrogen) atoms. The second-order valence-corrected chi connectivity index (χ2v) is 9.09. The maximum atomic E-state index is 13.6. The van der Waals surface area contributed by atoms with Crippen molar-refractivity contribution in [3.63, 3.8) is 0 Å². The molecule has 0 fully saturated rings. The van der Waals surface area contributed by atoms with Crippen molar-refractivity contribution in [1.29, 1.82) is 0 Å². The van der Waals surface area contributed by atoms with Crippen LogP contribution in [0.3, 0.4) is 0 Å². The topological polar surface area (TPSA) is 54.4 Å². The van der Waals surface area contributed by atoms with E-state index in [4.69, 9.17) is 14.6 Å². The van der Waals surface area contributed by atoms with E-state index in [9.17, 15) is 4.79 Å². The number of nitrogens with zero attached hydrogens (tertiary/aromatic N) is 3. The smallest absolute Gasteiger partial charge is 0.257 e. The number of ether oxygens (including phenoxy) is 2. The van der Waals surface area contributed by atoms with E-state index in [-0.39, 0.29) is 18.5 Å². The summed E-state index contributed by atoms with van der Waals surface area (Å²) in [5, 5.41) is 6.52. The van der Waals surface area contributed by atoms with Crippen LogP contribution in [0.2, 0.25) is 0 Å². The first kappa shape index (κ1) is 24.5. The maximum Gasteiger partial charge on any atom is 0.257 e. The number of hydrogen-bond acceptors (Lipinski definition) is 5. The fourth-order valence-corrected chi connectivity index (χ4v) is 4.64. The van der Waals surface area contributed by atoms with E-state index in [0.29, 0.717) is 24.5 Å².